The lowest BCUT2D eigenvalue weighted by Gasteiger charge is -2.14. The van der Waals surface area contributed by atoms with Crippen molar-refractivity contribution in [2.24, 2.45) is 0 Å². The first-order valence-electron chi connectivity index (χ1n) is 8.52. The SMILES string of the molecule is C[C@H](NC(=O)C=Cc1cccc(F)c1)c1cccc(Oc2ccncc2)c1. The Hall–Kier alpha value is -3.47. The topological polar surface area (TPSA) is 51.2 Å². The summed E-state index contributed by atoms with van der Waals surface area (Å²) >= 11 is 0. The maximum atomic E-state index is 13.2. The number of amides is 1. The van der Waals surface area contributed by atoms with Crippen molar-refractivity contribution >= 4 is 12.0 Å². The number of nitrogens with one attached hydrogen (secondary N) is 1. The minimum atomic E-state index is -0.336. The quantitative estimate of drug-likeness (QED) is 0.634. The van der Waals surface area contributed by atoms with Crippen LogP contribution >= 0.6 is 0 Å². The molecular formula is C22H19FN2O2. The maximum absolute atomic E-state index is 13.2. The number of halogens is 1. The van der Waals surface area contributed by atoms with Gasteiger partial charge in [0, 0.05) is 18.5 Å². The number of carbonyl (C=O) groups is 1. The molecule has 0 radical (unpaired) electrons. The molecule has 1 N–H and O–H groups in total. The summed E-state index contributed by atoms with van der Waals surface area (Å²) in [6.45, 7) is 1.89. The van der Waals surface area contributed by atoms with E-state index in [1.54, 1.807) is 42.7 Å². The van der Waals surface area contributed by atoms with Crippen molar-refractivity contribution in [2.75, 3.05) is 0 Å². The zero-order valence-corrected chi connectivity index (χ0v) is 14.8. The summed E-state index contributed by atoms with van der Waals surface area (Å²) < 4.78 is 19.0. The van der Waals surface area contributed by atoms with Crippen LogP contribution in [0.1, 0.15) is 24.1 Å². The average Bonchev–Trinajstić information content (AvgIpc) is 2.67. The second kappa shape index (κ2) is 8.76. The normalized spacial score (nSPS) is 11.9. The fraction of sp³-hybridized carbons (Fsp3) is 0.0909. The van der Waals surface area contributed by atoms with Crippen LogP contribution in [0.2, 0.25) is 0 Å². The van der Waals surface area contributed by atoms with Gasteiger partial charge in [-0.3, -0.25) is 9.78 Å². The summed E-state index contributed by atoms with van der Waals surface area (Å²) in [5.74, 6) is 0.774. The van der Waals surface area contributed by atoms with Gasteiger partial charge < -0.3 is 10.1 Å². The van der Waals surface area contributed by atoms with Gasteiger partial charge in [0.05, 0.1) is 6.04 Å². The Labute approximate surface area is 157 Å². The number of nitrogens with zero attached hydrogens (tertiary/aromatic N) is 1. The maximum Gasteiger partial charge on any atom is 0.244 e. The van der Waals surface area contributed by atoms with Crippen molar-refractivity contribution in [3.05, 3.63) is 96.1 Å². The van der Waals surface area contributed by atoms with Gasteiger partial charge in [-0.2, -0.15) is 0 Å². The molecule has 0 bridgehead atoms. The van der Waals surface area contributed by atoms with Crippen LogP contribution in [0.4, 0.5) is 4.39 Å². The molecule has 2 aromatic carbocycles. The lowest BCUT2D eigenvalue weighted by atomic mass is 10.1. The van der Waals surface area contributed by atoms with E-state index in [0.29, 0.717) is 17.1 Å². The first-order valence-corrected chi connectivity index (χ1v) is 8.52. The molecule has 136 valence electrons. The van der Waals surface area contributed by atoms with Gasteiger partial charge in [-0.25, -0.2) is 4.39 Å². The summed E-state index contributed by atoms with van der Waals surface area (Å²) in [4.78, 5) is 16.1. The highest BCUT2D eigenvalue weighted by molar-refractivity contribution is 5.91. The Morgan fingerprint density at radius 2 is 1.85 bits per heavy atom. The zero-order valence-electron chi connectivity index (χ0n) is 14.8. The summed E-state index contributed by atoms with van der Waals surface area (Å²) in [7, 11) is 0. The van der Waals surface area contributed by atoms with E-state index >= 15 is 0 Å². The van der Waals surface area contributed by atoms with E-state index < -0.39 is 0 Å². The molecule has 1 amide bonds. The number of pyridine rings is 1. The van der Waals surface area contributed by atoms with Gasteiger partial charge in [-0.1, -0.05) is 24.3 Å². The molecule has 0 saturated carbocycles. The van der Waals surface area contributed by atoms with Crippen LogP contribution in [-0.4, -0.2) is 10.9 Å². The van der Waals surface area contributed by atoms with Crippen LogP contribution < -0.4 is 10.1 Å². The smallest absolute Gasteiger partial charge is 0.244 e. The number of hydrogen-bond acceptors (Lipinski definition) is 3. The third kappa shape index (κ3) is 5.51. The molecule has 0 unspecified atom stereocenters. The highest BCUT2D eigenvalue weighted by Gasteiger charge is 2.09. The zero-order chi connectivity index (χ0) is 19.1. The third-order valence-corrected chi connectivity index (χ3v) is 3.88. The molecule has 1 aromatic heterocycles. The van der Waals surface area contributed by atoms with Crippen LogP contribution in [0.25, 0.3) is 6.08 Å². The largest absolute Gasteiger partial charge is 0.457 e. The van der Waals surface area contributed by atoms with Gasteiger partial charge in [0.25, 0.3) is 0 Å². The predicted octanol–water partition coefficient (Wildman–Crippen LogP) is 4.90. The van der Waals surface area contributed by atoms with E-state index in [9.17, 15) is 9.18 Å². The Morgan fingerprint density at radius 1 is 1.07 bits per heavy atom. The molecule has 0 fully saturated rings. The lowest BCUT2D eigenvalue weighted by Crippen LogP contribution is -2.24. The van der Waals surface area contributed by atoms with E-state index in [1.807, 2.05) is 31.2 Å². The number of benzene rings is 2. The Kier molecular flexibility index (Phi) is 5.94. The van der Waals surface area contributed by atoms with Gasteiger partial charge in [-0.15, -0.1) is 0 Å². The van der Waals surface area contributed by atoms with E-state index in [2.05, 4.69) is 10.3 Å². The lowest BCUT2D eigenvalue weighted by molar-refractivity contribution is -0.117. The minimum Gasteiger partial charge on any atom is -0.457 e. The molecule has 1 atom stereocenters. The molecule has 0 spiro atoms. The number of rotatable bonds is 6. The number of aromatic nitrogens is 1. The summed E-state index contributed by atoms with van der Waals surface area (Å²) in [5.41, 5.74) is 1.54. The monoisotopic (exact) mass is 362 g/mol. The van der Waals surface area contributed by atoms with Crippen LogP contribution in [0.5, 0.6) is 11.5 Å². The molecule has 0 aliphatic carbocycles. The van der Waals surface area contributed by atoms with Crippen molar-refractivity contribution < 1.29 is 13.9 Å². The first kappa shape index (κ1) is 18.3. The van der Waals surface area contributed by atoms with Crippen LogP contribution in [0.3, 0.4) is 0 Å². The predicted molar refractivity (Wildman–Crippen MR) is 103 cm³/mol. The summed E-state index contributed by atoms with van der Waals surface area (Å²) in [5, 5.41) is 2.89. The number of hydrogen-bond donors (Lipinski definition) is 1. The van der Waals surface area contributed by atoms with Gasteiger partial charge in [0.2, 0.25) is 5.91 Å². The molecule has 3 aromatic rings. The fourth-order valence-corrected chi connectivity index (χ4v) is 2.52. The minimum absolute atomic E-state index is 0.212. The van der Waals surface area contributed by atoms with Gasteiger partial charge >= 0.3 is 0 Å². The van der Waals surface area contributed by atoms with E-state index in [1.165, 1.54) is 18.2 Å². The first-order chi connectivity index (χ1) is 13.1. The summed E-state index contributed by atoms with van der Waals surface area (Å²) in [6, 6.07) is 16.9. The Bertz CT molecular complexity index is 942. The fourth-order valence-electron chi connectivity index (χ4n) is 2.52. The van der Waals surface area contributed by atoms with Gasteiger partial charge in [-0.05, 0) is 60.5 Å². The molecule has 5 heteroatoms. The molecule has 27 heavy (non-hydrogen) atoms. The Morgan fingerprint density at radius 3 is 2.63 bits per heavy atom. The Balaban J connectivity index is 1.62. The number of ether oxygens (including phenoxy) is 1. The van der Waals surface area contributed by atoms with Crippen LogP contribution in [-0.2, 0) is 4.79 Å². The van der Waals surface area contributed by atoms with Crippen molar-refractivity contribution in [3.63, 3.8) is 0 Å². The molecule has 0 aliphatic rings. The third-order valence-electron chi connectivity index (χ3n) is 3.88. The second-order valence-corrected chi connectivity index (χ2v) is 5.98. The van der Waals surface area contributed by atoms with Crippen molar-refractivity contribution in [3.8, 4) is 11.5 Å². The van der Waals surface area contributed by atoms with Crippen LogP contribution in [0.15, 0.2) is 79.1 Å². The number of carbonyl (C=O) groups excluding carboxylic acids is 1. The molecule has 1 heterocycles. The summed E-state index contributed by atoms with van der Waals surface area (Å²) in [6.07, 6.45) is 6.29. The second-order valence-electron chi connectivity index (χ2n) is 5.98. The van der Waals surface area contributed by atoms with Gasteiger partial charge in [0.1, 0.15) is 17.3 Å². The van der Waals surface area contributed by atoms with Crippen LogP contribution in [0, 0.1) is 5.82 Å². The highest BCUT2D eigenvalue weighted by atomic mass is 19.1. The molecule has 0 aliphatic heterocycles. The molecular weight excluding hydrogens is 343 g/mol. The molecule has 0 saturated heterocycles. The van der Waals surface area contributed by atoms with Crippen molar-refractivity contribution in [1.82, 2.24) is 10.3 Å². The van der Waals surface area contributed by atoms with E-state index in [-0.39, 0.29) is 17.8 Å². The van der Waals surface area contributed by atoms with Crippen molar-refractivity contribution in [2.45, 2.75) is 13.0 Å². The van der Waals surface area contributed by atoms with Gasteiger partial charge in [0.15, 0.2) is 0 Å². The van der Waals surface area contributed by atoms with E-state index in [4.69, 9.17) is 4.74 Å². The molecule has 3 rings (SSSR count). The standard InChI is InChI=1S/C22H19FN2O2/c1-16(25-22(26)9-8-17-4-2-6-19(23)14-17)18-5-3-7-21(15-18)27-20-10-12-24-13-11-20/h2-16H,1H3,(H,25,26)/t16-/m0/s1. The molecule has 4 nitrogen and oxygen atoms in total. The van der Waals surface area contributed by atoms with Crippen molar-refractivity contribution in [1.29, 1.82) is 0 Å². The highest BCUT2D eigenvalue weighted by Crippen LogP contribution is 2.24. The van der Waals surface area contributed by atoms with E-state index in [0.717, 1.165) is 5.56 Å². The average molecular weight is 362 g/mol.